The molecule has 0 aliphatic rings. The van der Waals surface area contributed by atoms with Gasteiger partial charge in [-0.1, -0.05) is 24.3 Å². The first kappa shape index (κ1) is 13.2. The SMILES string of the molecule is Cc1ncc(-c2ccc(F)cc2)c(-c2ccccc2O)n1. The Bertz CT molecular complexity index is 785. The molecule has 1 N–H and O–H groups in total. The molecule has 104 valence electrons. The molecule has 1 aromatic heterocycles. The van der Waals surface area contributed by atoms with Crippen LogP contribution in [0.15, 0.2) is 54.7 Å². The predicted octanol–water partition coefficient (Wildman–Crippen LogP) is 3.96. The molecule has 0 amide bonds. The molecule has 0 spiro atoms. The quantitative estimate of drug-likeness (QED) is 0.772. The number of para-hydroxylation sites is 1. The van der Waals surface area contributed by atoms with Crippen LogP contribution in [-0.2, 0) is 0 Å². The topological polar surface area (TPSA) is 46.0 Å². The van der Waals surface area contributed by atoms with Crippen LogP contribution in [0.5, 0.6) is 5.75 Å². The van der Waals surface area contributed by atoms with E-state index in [1.807, 2.05) is 6.07 Å². The van der Waals surface area contributed by atoms with Crippen molar-refractivity contribution in [3.8, 4) is 28.1 Å². The molecule has 3 nitrogen and oxygen atoms in total. The van der Waals surface area contributed by atoms with Crippen molar-refractivity contribution >= 4 is 0 Å². The summed E-state index contributed by atoms with van der Waals surface area (Å²) >= 11 is 0. The molecule has 0 atom stereocenters. The molecule has 4 heteroatoms. The van der Waals surface area contributed by atoms with Crippen molar-refractivity contribution in [2.24, 2.45) is 0 Å². The number of halogens is 1. The molecule has 0 radical (unpaired) electrons. The van der Waals surface area contributed by atoms with Gasteiger partial charge in [-0.15, -0.1) is 0 Å². The van der Waals surface area contributed by atoms with Gasteiger partial charge in [0.1, 0.15) is 17.4 Å². The standard InChI is InChI=1S/C17H13FN2O/c1-11-19-10-15(12-6-8-13(18)9-7-12)17(20-11)14-4-2-3-5-16(14)21/h2-10,21H,1H3. The van der Waals surface area contributed by atoms with Gasteiger partial charge in [0, 0.05) is 17.3 Å². The smallest absolute Gasteiger partial charge is 0.125 e. The third kappa shape index (κ3) is 2.60. The van der Waals surface area contributed by atoms with Gasteiger partial charge in [0.25, 0.3) is 0 Å². The number of aromatic hydroxyl groups is 1. The van der Waals surface area contributed by atoms with Crippen molar-refractivity contribution < 1.29 is 9.50 Å². The molecule has 0 aliphatic carbocycles. The van der Waals surface area contributed by atoms with E-state index < -0.39 is 0 Å². The largest absolute Gasteiger partial charge is 0.507 e. The molecule has 21 heavy (non-hydrogen) atoms. The normalized spacial score (nSPS) is 10.6. The Kier molecular flexibility index (Phi) is 3.36. The number of aromatic nitrogens is 2. The summed E-state index contributed by atoms with van der Waals surface area (Å²) in [5, 5.41) is 10.0. The fraction of sp³-hybridized carbons (Fsp3) is 0.0588. The lowest BCUT2D eigenvalue weighted by atomic mass is 10.00. The Balaban J connectivity index is 2.23. The number of phenolic OH excluding ortho intramolecular Hbond substituents is 1. The lowest BCUT2D eigenvalue weighted by Gasteiger charge is -2.11. The summed E-state index contributed by atoms with van der Waals surface area (Å²) in [6, 6.07) is 13.1. The zero-order valence-electron chi connectivity index (χ0n) is 11.4. The van der Waals surface area contributed by atoms with Crippen molar-refractivity contribution in [1.29, 1.82) is 0 Å². The minimum absolute atomic E-state index is 0.152. The second-order valence-electron chi connectivity index (χ2n) is 4.70. The highest BCUT2D eigenvalue weighted by atomic mass is 19.1. The van der Waals surface area contributed by atoms with Gasteiger partial charge < -0.3 is 5.11 Å². The summed E-state index contributed by atoms with van der Waals surface area (Å²) in [4.78, 5) is 8.65. The lowest BCUT2D eigenvalue weighted by molar-refractivity contribution is 0.477. The zero-order valence-corrected chi connectivity index (χ0v) is 11.4. The maximum Gasteiger partial charge on any atom is 0.125 e. The Morgan fingerprint density at radius 2 is 1.67 bits per heavy atom. The van der Waals surface area contributed by atoms with E-state index in [0.29, 0.717) is 17.1 Å². The monoisotopic (exact) mass is 280 g/mol. The maximum atomic E-state index is 13.1. The Labute approximate surface area is 121 Å². The number of phenols is 1. The highest BCUT2D eigenvalue weighted by Crippen LogP contribution is 2.34. The summed E-state index contributed by atoms with van der Waals surface area (Å²) in [6.45, 7) is 1.79. The molecule has 0 bridgehead atoms. The fourth-order valence-corrected chi connectivity index (χ4v) is 2.19. The predicted molar refractivity (Wildman–Crippen MR) is 79.3 cm³/mol. The summed E-state index contributed by atoms with van der Waals surface area (Å²) in [5.41, 5.74) is 2.81. The first-order valence-electron chi connectivity index (χ1n) is 6.53. The van der Waals surface area contributed by atoms with Crippen LogP contribution in [-0.4, -0.2) is 15.1 Å². The summed E-state index contributed by atoms with van der Waals surface area (Å²) in [6.07, 6.45) is 1.69. The van der Waals surface area contributed by atoms with E-state index in [1.54, 1.807) is 43.5 Å². The van der Waals surface area contributed by atoms with Gasteiger partial charge in [0.05, 0.1) is 5.69 Å². The summed E-state index contributed by atoms with van der Waals surface area (Å²) in [7, 11) is 0. The van der Waals surface area contributed by atoms with Crippen LogP contribution in [0.1, 0.15) is 5.82 Å². The molecule has 1 heterocycles. The number of hydrogen-bond acceptors (Lipinski definition) is 3. The maximum absolute atomic E-state index is 13.1. The molecule has 0 saturated heterocycles. The third-order valence-electron chi connectivity index (χ3n) is 3.22. The van der Waals surface area contributed by atoms with E-state index >= 15 is 0 Å². The second-order valence-corrected chi connectivity index (χ2v) is 4.70. The Hall–Kier alpha value is -2.75. The average Bonchev–Trinajstić information content (AvgIpc) is 2.49. The van der Waals surface area contributed by atoms with Crippen molar-refractivity contribution in [1.82, 2.24) is 9.97 Å². The van der Waals surface area contributed by atoms with E-state index in [-0.39, 0.29) is 11.6 Å². The first-order valence-corrected chi connectivity index (χ1v) is 6.53. The number of aryl methyl sites for hydroxylation is 1. The van der Waals surface area contributed by atoms with E-state index in [4.69, 9.17) is 0 Å². The van der Waals surface area contributed by atoms with Crippen molar-refractivity contribution in [2.45, 2.75) is 6.92 Å². The number of rotatable bonds is 2. The fourth-order valence-electron chi connectivity index (χ4n) is 2.19. The molecule has 2 aromatic carbocycles. The van der Waals surface area contributed by atoms with Crippen LogP contribution in [0.2, 0.25) is 0 Å². The molecule has 3 rings (SSSR count). The Morgan fingerprint density at radius 1 is 0.952 bits per heavy atom. The van der Waals surface area contributed by atoms with E-state index in [1.165, 1.54) is 12.1 Å². The third-order valence-corrected chi connectivity index (χ3v) is 3.22. The second kappa shape index (κ2) is 5.32. The lowest BCUT2D eigenvalue weighted by Crippen LogP contribution is -1.95. The van der Waals surface area contributed by atoms with Crippen LogP contribution in [0.3, 0.4) is 0 Å². The average molecular weight is 280 g/mol. The molecule has 0 unspecified atom stereocenters. The van der Waals surface area contributed by atoms with Gasteiger partial charge in [0.15, 0.2) is 0 Å². The van der Waals surface area contributed by atoms with Gasteiger partial charge in [-0.2, -0.15) is 0 Å². The van der Waals surface area contributed by atoms with E-state index in [9.17, 15) is 9.50 Å². The van der Waals surface area contributed by atoms with Gasteiger partial charge in [-0.3, -0.25) is 0 Å². The van der Waals surface area contributed by atoms with Crippen LogP contribution in [0, 0.1) is 12.7 Å². The zero-order chi connectivity index (χ0) is 14.8. The molecule has 0 saturated carbocycles. The minimum Gasteiger partial charge on any atom is -0.507 e. The van der Waals surface area contributed by atoms with Gasteiger partial charge >= 0.3 is 0 Å². The van der Waals surface area contributed by atoms with Gasteiger partial charge in [-0.25, -0.2) is 14.4 Å². The highest BCUT2D eigenvalue weighted by molar-refractivity contribution is 5.82. The van der Waals surface area contributed by atoms with Crippen LogP contribution >= 0.6 is 0 Å². The first-order chi connectivity index (χ1) is 10.1. The van der Waals surface area contributed by atoms with Crippen LogP contribution < -0.4 is 0 Å². The molecule has 0 fully saturated rings. The molecular formula is C17H13FN2O. The highest BCUT2D eigenvalue weighted by Gasteiger charge is 2.13. The molecule has 3 aromatic rings. The van der Waals surface area contributed by atoms with Gasteiger partial charge in [0.2, 0.25) is 0 Å². The summed E-state index contributed by atoms with van der Waals surface area (Å²) < 4.78 is 13.1. The number of benzene rings is 2. The Morgan fingerprint density at radius 3 is 2.38 bits per heavy atom. The van der Waals surface area contributed by atoms with Crippen molar-refractivity contribution in [3.05, 3.63) is 66.4 Å². The van der Waals surface area contributed by atoms with Crippen molar-refractivity contribution in [3.63, 3.8) is 0 Å². The number of nitrogens with zero attached hydrogens (tertiary/aromatic N) is 2. The summed E-state index contributed by atoms with van der Waals surface area (Å²) in [5.74, 6) is 0.467. The van der Waals surface area contributed by atoms with E-state index in [2.05, 4.69) is 9.97 Å². The van der Waals surface area contributed by atoms with Crippen molar-refractivity contribution in [2.75, 3.05) is 0 Å². The minimum atomic E-state index is -0.295. The van der Waals surface area contributed by atoms with E-state index in [0.717, 1.165) is 11.1 Å². The molecule has 0 aliphatic heterocycles. The molecular weight excluding hydrogens is 267 g/mol. The van der Waals surface area contributed by atoms with Crippen LogP contribution in [0.25, 0.3) is 22.4 Å². The van der Waals surface area contributed by atoms with Crippen LogP contribution in [0.4, 0.5) is 4.39 Å². The number of hydrogen-bond donors (Lipinski definition) is 1. The van der Waals surface area contributed by atoms with Gasteiger partial charge in [-0.05, 0) is 36.8 Å².